The van der Waals surface area contributed by atoms with Crippen molar-refractivity contribution >= 4 is 5.82 Å². The lowest BCUT2D eigenvalue weighted by Gasteiger charge is -2.19. The van der Waals surface area contributed by atoms with E-state index in [1.807, 2.05) is 43.4 Å². The number of methoxy groups -OCH3 is 1. The lowest BCUT2D eigenvalue weighted by Crippen LogP contribution is -2.17. The lowest BCUT2D eigenvalue weighted by atomic mass is 10.2. The van der Waals surface area contributed by atoms with Gasteiger partial charge in [-0.25, -0.2) is 4.98 Å². The van der Waals surface area contributed by atoms with Crippen LogP contribution in [-0.4, -0.2) is 24.2 Å². The number of hydrogen-bond donors (Lipinski definition) is 1. The van der Waals surface area contributed by atoms with E-state index in [0.717, 1.165) is 23.7 Å². The summed E-state index contributed by atoms with van der Waals surface area (Å²) < 4.78 is 5.14. The molecule has 1 atom stereocenters. The highest BCUT2D eigenvalue weighted by molar-refractivity contribution is 5.40. The number of rotatable bonds is 5. The molecule has 4 heteroatoms. The number of nitrogens with zero attached hydrogens (tertiary/aromatic N) is 2. The summed E-state index contributed by atoms with van der Waals surface area (Å²) in [5.74, 6) is 1.74. The average Bonchev–Trinajstić information content (AvgIpc) is 2.48. The third-order valence-electron chi connectivity index (χ3n) is 3.22. The Morgan fingerprint density at radius 1 is 1.20 bits per heavy atom. The quantitative estimate of drug-likeness (QED) is 0.909. The van der Waals surface area contributed by atoms with E-state index in [2.05, 4.69) is 9.88 Å². The topological polar surface area (TPSA) is 45.6 Å². The molecular formula is C16H20N2O2. The molecule has 106 valence electrons. The fourth-order valence-electron chi connectivity index (χ4n) is 1.96. The fourth-order valence-corrected chi connectivity index (χ4v) is 1.96. The molecule has 0 fully saturated rings. The van der Waals surface area contributed by atoms with Gasteiger partial charge in [-0.3, -0.25) is 0 Å². The van der Waals surface area contributed by atoms with Gasteiger partial charge in [-0.05, 0) is 36.2 Å². The van der Waals surface area contributed by atoms with Crippen LogP contribution in [0.1, 0.15) is 24.2 Å². The SMILES string of the molecule is COc1ccc(CN(C)c2ccc([C@@H](C)O)cn2)cc1. The maximum absolute atomic E-state index is 9.47. The Morgan fingerprint density at radius 2 is 1.90 bits per heavy atom. The molecule has 20 heavy (non-hydrogen) atoms. The summed E-state index contributed by atoms with van der Waals surface area (Å²) in [6.45, 7) is 2.50. The van der Waals surface area contributed by atoms with Crippen molar-refractivity contribution in [2.75, 3.05) is 19.1 Å². The summed E-state index contributed by atoms with van der Waals surface area (Å²) in [6, 6.07) is 11.8. The van der Waals surface area contributed by atoms with Crippen molar-refractivity contribution in [3.63, 3.8) is 0 Å². The summed E-state index contributed by atoms with van der Waals surface area (Å²) >= 11 is 0. The highest BCUT2D eigenvalue weighted by atomic mass is 16.5. The zero-order valence-corrected chi connectivity index (χ0v) is 12.1. The third kappa shape index (κ3) is 3.48. The number of anilines is 1. The molecule has 0 radical (unpaired) electrons. The fraction of sp³-hybridized carbons (Fsp3) is 0.312. The van der Waals surface area contributed by atoms with Gasteiger partial charge in [-0.1, -0.05) is 18.2 Å². The third-order valence-corrected chi connectivity index (χ3v) is 3.22. The van der Waals surface area contributed by atoms with Crippen LogP contribution in [0.25, 0.3) is 0 Å². The Hall–Kier alpha value is -2.07. The molecule has 0 amide bonds. The van der Waals surface area contributed by atoms with E-state index in [9.17, 15) is 5.11 Å². The van der Waals surface area contributed by atoms with Gasteiger partial charge in [-0.15, -0.1) is 0 Å². The maximum atomic E-state index is 9.47. The van der Waals surface area contributed by atoms with Crippen LogP contribution in [0.15, 0.2) is 42.6 Å². The van der Waals surface area contributed by atoms with E-state index in [4.69, 9.17) is 4.74 Å². The zero-order valence-electron chi connectivity index (χ0n) is 12.1. The van der Waals surface area contributed by atoms with E-state index in [0.29, 0.717) is 0 Å². The summed E-state index contributed by atoms with van der Waals surface area (Å²) in [7, 11) is 3.66. The number of pyridine rings is 1. The Morgan fingerprint density at radius 3 is 2.40 bits per heavy atom. The molecule has 0 saturated carbocycles. The van der Waals surface area contributed by atoms with Crippen LogP contribution < -0.4 is 9.64 Å². The standard InChI is InChI=1S/C16H20N2O2/c1-12(19)14-6-9-16(17-10-14)18(2)11-13-4-7-15(20-3)8-5-13/h4-10,12,19H,11H2,1-3H3/t12-/m1/s1. The highest BCUT2D eigenvalue weighted by Gasteiger charge is 2.06. The summed E-state index contributed by atoms with van der Waals surface area (Å²) in [5, 5.41) is 9.47. The van der Waals surface area contributed by atoms with Gasteiger partial charge in [0.2, 0.25) is 0 Å². The number of aliphatic hydroxyl groups is 1. The smallest absolute Gasteiger partial charge is 0.128 e. The van der Waals surface area contributed by atoms with E-state index in [1.165, 1.54) is 5.56 Å². The highest BCUT2D eigenvalue weighted by Crippen LogP contribution is 2.18. The van der Waals surface area contributed by atoms with Gasteiger partial charge in [0.1, 0.15) is 11.6 Å². The van der Waals surface area contributed by atoms with Crippen LogP contribution in [0.2, 0.25) is 0 Å². The van der Waals surface area contributed by atoms with E-state index in [-0.39, 0.29) is 0 Å². The second-order valence-electron chi connectivity index (χ2n) is 4.83. The molecule has 0 bridgehead atoms. The van der Waals surface area contributed by atoms with E-state index >= 15 is 0 Å². The Bertz CT molecular complexity index is 535. The Balaban J connectivity index is 2.04. The second kappa shape index (κ2) is 6.39. The normalized spacial score (nSPS) is 12.0. The number of aliphatic hydroxyl groups excluding tert-OH is 1. The van der Waals surface area contributed by atoms with Crippen molar-refractivity contribution in [3.8, 4) is 5.75 Å². The van der Waals surface area contributed by atoms with Crippen LogP contribution in [0.5, 0.6) is 5.75 Å². The lowest BCUT2D eigenvalue weighted by molar-refractivity contribution is 0.199. The molecule has 1 aromatic carbocycles. The first kappa shape index (κ1) is 14.3. The van der Waals surface area contributed by atoms with Crippen molar-refractivity contribution < 1.29 is 9.84 Å². The monoisotopic (exact) mass is 272 g/mol. The Kier molecular flexibility index (Phi) is 4.58. The predicted molar refractivity (Wildman–Crippen MR) is 80.0 cm³/mol. The van der Waals surface area contributed by atoms with Gasteiger partial charge < -0.3 is 14.7 Å². The largest absolute Gasteiger partial charge is 0.497 e. The molecule has 1 aromatic heterocycles. The predicted octanol–water partition coefficient (Wildman–Crippen LogP) is 2.78. The number of hydrogen-bond acceptors (Lipinski definition) is 4. The minimum absolute atomic E-state index is 0.483. The van der Waals surface area contributed by atoms with Crippen LogP contribution in [-0.2, 0) is 6.54 Å². The first-order chi connectivity index (χ1) is 9.60. The minimum Gasteiger partial charge on any atom is -0.497 e. The van der Waals surface area contributed by atoms with Gasteiger partial charge in [0, 0.05) is 19.8 Å². The van der Waals surface area contributed by atoms with Gasteiger partial charge in [0.05, 0.1) is 13.2 Å². The van der Waals surface area contributed by atoms with Crippen molar-refractivity contribution in [2.45, 2.75) is 19.6 Å². The second-order valence-corrected chi connectivity index (χ2v) is 4.83. The molecule has 4 nitrogen and oxygen atoms in total. The molecule has 2 aromatic rings. The first-order valence-electron chi connectivity index (χ1n) is 6.58. The number of ether oxygens (including phenoxy) is 1. The molecule has 0 aliphatic rings. The van der Waals surface area contributed by atoms with Crippen molar-refractivity contribution in [1.82, 2.24) is 4.98 Å². The molecule has 0 aliphatic carbocycles. The summed E-state index contributed by atoms with van der Waals surface area (Å²) in [6.07, 6.45) is 1.23. The Labute approximate surface area is 119 Å². The van der Waals surface area contributed by atoms with E-state index in [1.54, 1.807) is 20.2 Å². The van der Waals surface area contributed by atoms with Crippen molar-refractivity contribution in [2.24, 2.45) is 0 Å². The number of benzene rings is 1. The van der Waals surface area contributed by atoms with Gasteiger partial charge >= 0.3 is 0 Å². The molecule has 2 rings (SSSR count). The molecule has 0 unspecified atom stereocenters. The maximum Gasteiger partial charge on any atom is 0.128 e. The van der Waals surface area contributed by atoms with Crippen LogP contribution in [0.4, 0.5) is 5.82 Å². The first-order valence-corrected chi connectivity index (χ1v) is 6.58. The molecule has 1 heterocycles. The van der Waals surface area contributed by atoms with Gasteiger partial charge in [0.15, 0.2) is 0 Å². The molecule has 0 spiro atoms. The average molecular weight is 272 g/mol. The minimum atomic E-state index is -0.483. The van der Waals surface area contributed by atoms with Gasteiger partial charge in [0.25, 0.3) is 0 Å². The molecular weight excluding hydrogens is 252 g/mol. The number of aromatic nitrogens is 1. The zero-order chi connectivity index (χ0) is 14.5. The summed E-state index contributed by atoms with van der Waals surface area (Å²) in [4.78, 5) is 6.43. The van der Waals surface area contributed by atoms with Crippen molar-refractivity contribution in [3.05, 3.63) is 53.7 Å². The van der Waals surface area contributed by atoms with Gasteiger partial charge in [-0.2, -0.15) is 0 Å². The molecule has 0 saturated heterocycles. The summed E-state index contributed by atoms with van der Waals surface area (Å²) in [5.41, 5.74) is 2.02. The van der Waals surface area contributed by atoms with Crippen LogP contribution >= 0.6 is 0 Å². The molecule has 1 N–H and O–H groups in total. The van der Waals surface area contributed by atoms with Crippen LogP contribution in [0.3, 0.4) is 0 Å². The van der Waals surface area contributed by atoms with Crippen molar-refractivity contribution in [1.29, 1.82) is 0 Å². The molecule has 0 aliphatic heterocycles. The van der Waals surface area contributed by atoms with E-state index < -0.39 is 6.10 Å². The van der Waals surface area contributed by atoms with Crippen LogP contribution in [0, 0.1) is 0 Å².